The maximum atomic E-state index is 12.6. The zero-order valence-electron chi connectivity index (χ0n) is 13.6. The summed E-state index contributed by atoms with van der Waals surface area (Å²) in [6, 6.07) is 10.3. The third kappa shape index (κ3) is 2.95. The molecule has 0 aliphatic carbocycles. The van der Waals surface area contributed by atoms with Crippen LogP contribution in [0.5, 0.6) is 0 Å². The molecule has 1 aromatic rings. The number of amides is 1. The molecule has 5 heteroatoms. The SMILES string of the molecule is O=C1NCN(c2ccccc2)C12CCN(CC1=CC=IC=C1)CC2. The van der Waals surface area contributed by atoms with E-state index < -0.39 is 0 Å². The van der Waals surface area contributed by atoms with E-state index in [1.165, 1.54) is 5.57 Å². The van der Waals surface area contributed by atoms with Crippen LogP contribution >= 0.6 is 20.7 Å². The minimum Gasteiger partial charge on any atom is -0.339 e. The molecule has 0 aromatic heterocycles. The average molecular weight is 435 g/mol. The zero-order chi connectivity index (χ0) is 16.4. The van der Waals surface area contributed by atoms with E-state index in [2.05, 4.69) is 47.5 Å². The van der Waals surface area contributed by atoms with Gasteiger partial charge in [-0.2, -0.15) is 0 Å². The normalized spacial score (nSPS) is 23.1. The quantitative estimate of drug-likeness (QED) is 0.742. The fraction of sp³-hybridized carbons (Fsp3) is 0.368. The number of piperidine rings is 1. The van der Waals surface area contributed by atoms with Crippen molar-refractivity contribution in [2.75, 3.05) is 31.2 Å². The molecule has 0 saturated carbocycles. The molecule has 24 heavy (non-hydrogen) atoms. The number of halogens is 1. The lowest BCUT2D eigenvalue weighted by molar-refractivity contribution is -0.125. The van der Waals surface area contributed by atoms with Gasteiger partial charge in [-0.15, -0.1) is 0 Å². The fourth-order valence-electron chi connectivity index (χ4n) is 3.81. The van der Waals surface area contributed by atoms with Crippen molar-refractivity contribution in [1.29, 1.82) is 0 Å². The van der Waals surface area contributed by atoms with Crippen LogP contribution in [-0.4, -0.2) is 46.7 Å². The summed E-state index contributed by atoms with van der Waals surface area (Å²) in [5.74, 6) is 0.195. The lowest BCUT2D eigenvalue weighted by Gasteiger charge is -2.43. The topological polar surface area (TPSA) is 35.6 Å². The standard InChI is InChI=1S/C19H22IN3O/c24-18-19(23(15-21-18)17-4-2-1-3-5-17)8-12-22(13-9-19)14-16-6-10-20-11-7-16/h1-7,10-11H,8-9,12-15H2,(H,21,24). The molecule has 4 nitrogen and oxygen atoms in total. The van der Waals surface area contributed by atoms with E-state index in [4.69, 9.17) is 0 Å². The Morgan fingerprint density at radius 3 is 2.67 bits per heavy atom. The highest BCUT2D eigenvalue weighted by Gasteiger charge is 2.50. The molecule has 2 saturated heterocycles. The highest BCUT2D eigenvalue weighted by atomic mass is 127. The first-order valence-electron chi connectivity index (χ1n) is 8.42. The first kappa shape index (κ1) is 16.0. The van der Waals surface area contributed by atoms with Crippen LogP contribution in [0.1, 0.15) is 12.8 Å². The molecule has 2 fully saturated rings. The molecule has 1 aromatic carbocycles. The summed E-state index contributed by atoms with van der Waals surface area (Å²) in [7, 11) is 0. The van der Waals surface area contributed by atoms with Crippen LogP contribution < -0.4 is 10.2 Å². The number of rotatable bonds is 3. The Bertz CT molecular complexity index is 703. The molecule has 3 aliphatic heterocycles. The van der Waals surface area contributed by atoms with Gasteiger partial charge >= 0.3 is 0 Å². The number of carbonyl (C=O) groups is 1. The lowest BCUT2D eigenvalue weighted by atomic mass is 9.85. The first-order valence-corrected chi connectivity index (χ1v) is 10.9. The Morgan fingerprint density at radius 1 is 1.17 bits per heavy atom. The maximum Gasteiger partial charge on any atom is 0.247 e. The monoisotopic (exact) mass is 435 g/mol. The molecule has 3 aliphatic rings. The van der Waals surface area contributed by atoms with E-state index in [0.717, 1.165) is 38.2 Å². The number of nitrogens with one attached hydrogen (secondary N) is 1. The van der Waals surface area contributed by atoms with E-state index in [0.29, 0.717) is 6.67 Å². The summed E-state index contributed by atoms with van der Waals surface area (Å²) in [5, 5.41) is 3.07. The Hall–Kier alpha value is -1.47. The van der Waals surface area contributed by atoms with E-state index in [1.54, 1.807) is 0 Å². The van der Waals surface area contributed by atoms with Crippen LogP contribution in [0.4, 0.5) is 5.69 Å². The predicted octanol–water partition coefficient (Wildman–Crippen LogP) is 2.64. The minimum atomic E-state index is -0.369. The molecule has 0 unspecified atom stereocenters. The van der Waals surface area contributed by atoms with E-state index >= 15 is 0 Å². The van der Waals surface area contributed by atoms with Crippen LogP contribution in [0.3, 0.4) is 0 Å². The smallest absolute Gasteiger partial charge is 0.247 e. The molecular formula is C19H22IN3O. The van der Waals surface area contributed by atoms with Crippen LogP contribution in [0.2, 0.25) is 0 Å². The van der Waals surface area contributed by atoms with E-state index in [1.807, 2.05) is 18.2 Å². The molecule has 1 N–H and O–H groups in total. The number of para-hydroxylation sites is 1. The number of likely N-dealkylation sites (tertiary alicyclic amines) is 1. The molecule has 0 radical (unpaired) electrons. The van der Waals surface area contributed by atoms with Gasteiger partial charge in [-0.05, 0) is 38.6 Å². The van der Waals surface area contributed by atoms with Gasteiger partial charge in [-0.1, -0.05) is 51.1 Å². The Kier molecular flexibility index (Phi) is 4.54. The first-order chi connectivity index (χ1) is 11.8. The summed E-state index contributed by atoms with van der Waals surface area (Å²) >= 11 is 0.151. The third-order valence-corrected chi connectivity index (χ3v) is 6.74. The minimum absolute atomic E-state index is 0.151. The maximum absolute atomic E-state index is 12.6. The Labute approximate surface area is 153 Å². The Balaban J connectivity index is 1.48. The number of anilines is 1. The van der Waals surface area contributed by atoms with Crippen LogP contribution in [0, 0.1) is 0 Å². The van der Waals surface area contributed by atoms with Crippen molar-refractivity contribution in [3.8, 4) is 0 Å². The van der Waals surface area contributed by atoms with E-state index in [-0.39, 0.29) is 32.2 Å². The largest absolute Gasteiger partial charge is 0.339 e. The Morgan fingerprint density at radius 2 is 1.96 bits per heavy atom. The number of nitrogens with zero attached hydrogens (tertiary/aromatic N) is 2. The number of hydrogen-bond donors (Lipinski definition) is 1. The summed E-state index contributed by atoms with van der Waals surface area (Å²) in [4.78, 5) is 17.4. The summed E-state index contributed by atoms with van der Waals surface area (Å²) < 4.78 is 4.64. The molecule has 126 valence electrons. The van der Waals surface area contributed by atoms with Gasteiger partial charge in [0.25, 0.3) is 0 Å². The van der Waals surface area contributed by atoms with Gasteiger partial charge in [0.05, 0.1) is 6.67 Å². The molecule has 4 rings (SSSR count). The molecule has 1 amide bonds. The molecule has 1 spiro atoms. The second-order valence-corrected chi connectivity index (χ2v) is 8.68. The van der Waals surface area contributed by atoms with Crippen molar-refractivity contribution in [3.05, 3.63) is 52.1 Å². The van der Waals surface area contributed by atoms with Gasteiger partial charge in [0, 0.05) is 25.3 Å². The third-order valence-electron chi connectivity index (χ3n) is 5.19. The van der Waals surface area contributed by atoms with Crippen molar-refractivity contribution < 1.29 is 4.79 Å². The van der Waals surface area contributed by atoms with Gasteiger partial charge in [-0.3, -0.25) is 9.69 Å². The average Bonchev–Trinajstić information content (AvgIpc) is 2.95. The summed E-state index contributed by atoms with van der Waals surface area (Å²) in [5.41, 5.74) is 2.17. The van der Waals surface area contributed by atoms with Crippen molar-refractivity contribution in [3.63, 3.8) is 0 Å². The van der Waals surface area contributed by atoms with Gasteiger partial charge in [0.1, 0.15) is 5.54 Å². The van der Waals surface area contributed by atoms with Gasteiger partial charge in [0.15, 0.2) is 0 Å². The van der Waals surface area contributed by atoms with Crippen molar-refractivity contribution in [1.82, 2.24) is 10.2 Å². The van der Waals surface area contributed by atoms with Gasteiger partial charge in [-0.25, -0.2) is 0 Å². The van der Waals surface area contributed by atoms with Crippen LogP contribution in [0.15, 0.2) is 52.1 Å². The number of hydrogen-bond acceptors (Lipinski definition) is 3. The summed E-state index contributed by atoms with van der Waals surface area (Å²) in [6.45, 7) is 3.56. The van der Waals surface area contributed by atoms with Crippen molar-refractivity contribution in [2.45, 2.75) is 18.4 Å². The van der Waals surface area contributed by atoms with Gasteiger partial charge < -0.3 is 10.2 Å². The predicted molar refractivity (Wildman–Crippen MR) is 108 cm³/mol. The van der Waals surface area contributed by atoms with Gasteiger partial charge in [0.2, 0.25) is 5.91 Å². The molecule has 3 heterocycles. The fourth-order valence-corrected chi connectivity index (χ4v) is 5.39. The lowest BCUT2D eigenvalue weighted by Crippen LogP contribution is -2.56. The molecular weight excluding hydrogens is 413 g/mol. The molecule has 0 atom stereocenters. The summed E-state index contributed by atoms with van der Waals surface area (Å²) in [6.07, 6.45) is 6.33. The zero-order valence-corrected chi connectivity index (χ0v) is 15.8. The highest BCUT2D eigenvalue weighted by Crippen LogP contribution is 2.36. The molecule has 0 bridgehead atoms. The van der Waals surface area contributed by atoms with Crippen LogP contribution in [-0.2, 0) is 4.79 Å². The number of benzene rings is 1. The second-order valence-electron chi connectivity index (χ2n) is 6.52. The van der Waals surface area contributed by atoms with Crippen molar-refractivity contribution in [2.24, 2.45) is 0 Å². The number of allylic oxidation sites excluding steroid dienone is 1. The van der Waals surface area contributed by atoms with Crippen molar-refractivity contribution >= 4 is 36.3 Å². The second kappa shape index (κ2) is 6.80. The highest BCUT2D eigenvalue weighted by molar-refractivity contribution is 14.2. The van der Waals surface area contributed by atoms with Crippen LogP contribution in [0.25, 0.3) is 0 Å². The van der Waals surface area contributed by atoms with E-state index in [9.17, 15) is 4.79 Å². The number of carbonyl (C=O) groups excluding carboxylic acids is 1.